The highest BCUT2D eigenvalue weighted by atomic mass is 35.5. The molecule has 0 aliphatic heterocycles. The number of benzene rings is 2. The van der Waals surface area contributed by atoms with E-state index in [2.05, 4.69) is 15.6 Å². The Morgan fingerprint density at radius 3 is 2.66 bits per heavy atom. The molecule has 0 aliphatic carbocycles. The predicted octanol–water partition coefficient (Wildman–Crippen LogP) is 5.46. The van der Waals surface area contributed by atoms with Crippen molar-refractivity contribution in [2.75, 3.05) is 10.6 Å². The Hall–Kier alpha value is -3.03. The van der Waals surface area contributed by atoms with Crippen LogP contribution in [0.2, 0.25) is 5.02 Å². The molecule has 2 N–H and O–H groups in total. The first-order valence-corrected chi connectivity index (χ1v) is 9.81. The molecular weight excluding hydrogens is 413 g/mol. The maximum absolute atomic E-state index is 13.5. The van der Waals surface area contributed by atoms with Gasteiger partial charge in [-0.25, -0.2) is 9.37 Å². The number of aryl methyl sites for hydroxylation is 1. The van der Waals surface area contributed by atoms with Crippen molar-refractivity contribution in [1.82, 2.24) is 4.98 Å². The van der Waals surface area contributed by atoms with Gasteiger partial charge in [0, 0.05) is 6.08 Å². The molecule has 8 heteroatoms. The van der Waals surface area contributed by atoms with E-state index >= 15 is 0 Å². The molecule has 5 nitrogen and oxygen atoms in total. The highest BCUT2D eigenvalue weighted by Gasteiger charge is 2.14. The molecule has 0 saturated carbocycles. The summed E-state index contributed by atoms with van der Waals surface area (Å²) in [7, 11) is 0. The van der Waals surface area contributed by atoms with E-state index in [1.165, 1.54) is 24.4 Å². The van der Waals surface area contributed by atoms with Gasteiger partial charge in [0.15, 0.2) is 5.13 Å². The quantitative estimate of drug-likeness (QED) is 0.529. The Balaban J connectivity index is 1.65. The number of hydrogen-bond donors (Lipinski definition) is 2. The molecule has 0 aliphatic rings. The second-order valence-electron chi connectivity index (χ2n) is 6.19. The largest absolute Gasteiger partial charge is 0.320 e. The molecule has 148 valence electrons. The first-order chi connectivity index (χ1) is 13.8. The molecule has 1 aromatic heterocycles. The maximum Gasteiger partial charge on any atom is 0.267 e. The number of carbonyl (C=O) groups is 2. The van der Waals surface area contributed by atoms with Gasteiger partial charge in [-0.05, 0) is 48.7 Å². The van der Waals surface area contributed by atoms with Crippen molar-refractivity contribution in [3.63, 3.8) is 0 Å². The van der Waals surface area contributed by atoms with Crippen molar-refractivity contribution in [1.29, 1.82) is 0 Å². The van der Waals surface area contributed by atoms with E-state index in [4.69, 9.17) is 11.6 Å². The number of thiazole rings is 1. The lowest BCUT2D eigenvalue weighted by molar-refractivity contribution is -0.111. The van der Waals surface area contributed by atoms with Gasteiger partial charge in [-0.2, -0.15) is 0 Å². The molecule has 0 spiro atoms. The van der Waals surface area contributed by atoms with Gasteiger partial charge in [-0.1, -0.05) is 47.2 Å². The number of aromatic nitrogens is 1. The third kappa shape index (κ3) is 5.07. The summed E-state index contributed by atoms with van der Waals surface area (Å²) in [6.45, 7) is 3.48. The minimum absolute atomic E-state index is 0.275. The van der Waals surface area contributed by atoms with E-state index < -0.39 is 5.91 Å². The molecule has 0 unspecified atom stereocenters. The molecule has 29 heavy (non-hydrogen) atoms. The fourth-order valence-electron chi connectivity index (χ4n) is 2.52. The molecule has 0 atom stereocenters. The molecule has 2 amide bonds. The third-order valence-electron chi connectivity index (χ3n) is 4.14. The lowest BCUT2D eigenvalue weighted by Gasteiger charge is -2.08. The molecule has 3 rings (SSSR count). The zero-order valence-electron chi connectivity index (χ0n) is 15.6. The summed E-state index contributed by atoms with van der Waals surface area (Å²) in [6.07, 6.45) is 4.19. The van der Waals surface area contributed by atoms with Gasteiger partial charge in [0.2, 0.25) is 5.91 Å². The van der Waals surface area contributed by atoms with Crippen LogP contribution in [0.5, 0.6) is 0 Å². The predicted molar refractivity (Wildman–Crippen MR) is 115 cm³/mol. The second kappa shape index (κ2) is 8.98. The third-order valence-corrected chi connectivity index (χ3v) is 5.37. The van der Waals surface area contributed by atoms with Crippen LogP contribution in [0.4, 0.5) is 15.2 Å². The van der Waals surface area contributed by atoms with Crippen molar-refractivity contribution in [3.8, 4) is 0 Å². The van der Waals surface area contributed by atoms with E-state index in [1.54, 1.807) is 31.2 Å². The van der Waals surface area contributed by atoms with Gasteiger partial charge in [-0.15, -0.1) is 0 Å². The number of nitrogens with zero attached hydrogens (tertiary/aromatic N) is 1. The monoisotopic (exact) mass is 429 g/mol. The van der Waals surface area contributed by atoms with E-state index in [0.717, 1.165) is 16.9 Å². The average Bonchev–Trinajstić information content (AvgIpc) is 3.14. The summed E-state index contributed by atoms with van der Waals surface area (Å²) in [5.41, 5.74) is 2.43. The van der Waals surface area contributed by atoms with Gasteiger partial charge in [0.1, 0.15) is 10.7 Å². The molecule has 0 fully saturated rings. The van der Waals surface area contributed by atoms with Crippen LogP contribution in [0.1, 0.15) is 26.4 Å². The minimum Gasteiger partial charge on any atom is -0.320 e. The number of nitrogens with one attached hydrogen (secondary N) is 2. The molecule has 1 heterocycles. The summed E-state index contributed by atoms with van der Waals surface area (Å²) in [5, 5.41) is 6.06. The van der Waals surface area contributed by atoms with Gasteiger partial charge in [0.25, 0.3) is 5.91 Å². The standard InChI is InChI=1S/C21H17ClFN3O2S/c1-12-5-3-7-15(22)19(12)26-20(28)17-11-24-21(29-17)25-18(27)10-9-14-6-4-8-16(23)13(14)2/h3-11H,1-2H3,(H,26,28)(H,24,25,27)/b10-9+. The second-order valence-corrected chi connectivity index (χ2v) is 7.63. The van der Waals surface area contributed by atoms with Crippen molar-refractivity contribution >= 4 is 51.6 Å². The summed E-state index contributed by atoms with van der Waals surface area (Å²) in [5.74, 6) is -1.14. The fraction of sp³-hybridized carbons (Fsp3) is 0.0952. The molecule has 0 radical (unpaired) electrons. The normalized spacial score (nSPS) is 10.9. The lowest BCUT2D eigenvalue weighted by Crippen LogP contribution is -2.11. The van der Waals surface area contributed by atoms with Gasteiger partial charge in [-0.3, -0.25) is 14.9 Å². The molecule has 3 aromatic rings. The fourth-order valence-corrected chi connectivity index (χ4v) is 3.50. The van der Waals surface area contributed by atoms with Crippen molar-refractivity contribution in [3.05, 3.63) is 81.1 Å². The van der Waals surface area contributed by atoms with E-state index in [1.807, 2.05) is 13.0 Å². The van der Waals surface area contributed by atoms with Crippen LogP contribution in [-0.4, -0.2) is 16.8 Å². The number of halogens is 2. The molecule has 0 saturated heterocycles. The number of rotatable bonds is 5. The number of amides is 2. The Bertz CT molecular complexity index is 1090. The van der Waals surface area contributed by atoms with Crippen LogP contribution >= 0.6 is 22.9 Å². The highest BCUT2D eigenvalue weighted by molar-refractivity contribution is 7.17. The van der Waals surface area contributed by atoms with Crippen molar-refractivity contribution < 1.29 is 14.0 Å². The number of hydrogen-bond acceptors (Lipinski definition) is 4. The zero-order valence-corrected chi connectivity index (χ0v) is 17.2. The summed E-state index contributed by atoms with van der Waals surface area (Å²) < 4.78 is 13.5. The topological polar surface area (TPSA) is 71.1 Å². The number of carbonyl (C=O) groups excluding carboxylic acids is 2. The van der Waals surface area contributed by atoms with E-state index in [9.17, 15) is 14.0 Å². The Kier molecular flexibility index (Phi) is 6.41. The van der Waals surface area contributed by atoms with Crippen LogP contribution in [0, 0.1) is 19.7 Å². The van der Waals surface area contributed by atoms with Gasteiger partial charge in [0.05, 0.1) is 16.9 Å². The molecule has 2 aromatic carbocycles. The van der Waals surface area contributed by atoms with Crippen LogP contribution < -0.4 is 10.6 Å². The minimum atomic E-state index is -0.433. The van der Waals surface area contributed by atoms with Crippen LogP contribution in [0.3, 0.4) is 0 Å². The summed E-state index contributed by atoms with van der Waals surface area (Å²) in [6, 6.07) is 9.98. The van der Waals surface area contributed by atoms with Crippen LogP contribution in [-0.2, 0) is 4.79 Å². The first-order valence-electron chi connectivity index (χ1n) is 8.61. The van der Waals surface area contributed by atoms with Crippen LogP contribution in [0.15, 0.2) is 48.7 Å². The van der Waals surface area contributed by atoms with E-state index in [-0.39, 0.29) is 16.9 Å². The Morgan fingerprint density at radius 2 is 1.90 bits per heavy atom. The first kappa shape index (κ1) is 20.7. The number of anilines is 2. The molecular formula is C21H17ClFN3O2S. The Morgan fingerprint density at radius 1 is 1.14 bits per heavy atom. The maximum atomic E-state index is 13.5. The van der Waals surface area contributed by atoms with Gasteiger partial charge < -0.3 is 5.32 Å². The van der Waals surface area contributed by atoms with E-state index in [0.29, 0.717) is 26.7 Å². The van der Waals surface area contributed by atoms with Crippen molar-refractivity contribution in [2.24, 2.45) is 0 Å². The van der Waals surface area contributed by atoms with Crippen LogP contribution in [0.25, 0.3) is 6.08 Å². The highest BCUT2D eigenvalue weighted by Crippen LogP contribution is 2.27. The Labute approximate surface area is 176 Å². The average molecular weight is 430 g/mol. The summed E-state index contributed by atoms with van der Waals surface area (Å²) >= 11 is 7.16. The summed E-state index contributed by atoms with van der Waals surface area (Å²) in [4.78, 5) is 28.9. The number of para-hydroxylation sites is 1. The smallest absolute Gasteiger partial charge is 0.267 e. The SMILES string of the molecule is Cc1cccc(Cl)c1NC(=O)c1cnc(NC(=O)/C=C/c2cccc(F)c2C)s1. The zero-order chi connectivity index (χ0) is 21.0. The molecule has 0 bridgehead atoms. The lowest BCUT2D eigenvalue weighted by atomic mass is 10.1. The van der Waals surface area contributed by atoms with Gasteiger partial charge >= 0.3 is 0 Å². The van der Waals surface area contributed by atoms with Crippen molar-refractivity contribution in [2.45, 2.75) is 13.8 Å².